The molecule has 0 atom stereocenters. The fourth-order valence-electron chi connectivity index (χ4n) is 1.26. The van der Waals surface area contributed by atoms with Gasteiger partial charge in [-0.15, -0.1) is 0 Å². The fraction of sp³-hybridized carbons (Fsp3) is 0.300. The lowest BCUT2D eigenvalue weighted by Crippen LogP contribution is -2.30. The molecule has 0 bridgehead atoms. The van der Waals surface area contributed by atoms with Gasteiger partial charge in [-0.25, -0.2) is 8.42 Å². The van der Waals surface area contributed by atoms with Crippen LogP contribution in [-0.2, 0) is 9.05 Å². The zero-order chi connectivity index (χ0) is 14.1. The minimum absolute atomic E-state index is 0.0576. The van der Waals surface area contributed by atoms with Crippen LogP contribution in [0.3, 0.4) is 0 Å². The Bertz CT molecular complexity index is 584. The maximum absolute atomic E-state index is 11.9. The molecule has 18 heavy (non-hydrogen) atoms. The molecule has 1 aromatic carbocycles. The lowest BCUT2D eigenvalue weighted by Gasteiger charge is -2.12. The van der Waals surface area contributed by atoms with Crippen molar-refractivity contribution in [2.45, 2.75) is 24.8 Å². The molecular formula is C10H10Cl3NO3S. The van der Waals surface area contributed by atoms with Crippen molar-refractivity contribution in [2.24, 2.45) is 0 Å². The number of nitrogens with one attached hydrogen (secondary N) is 1. The Kier molecular flexibility index (Phi) is 4.89. The highest BCUT2D eigenvalue weighted by Crippen LogP contribution is 2.32. The molecule has 4 nitrogen and oxygen atoms in total. The molecular weight excluding hydrogens is 321 g/mol. The van der Waals surface area contributed by atoms with Gasteiger partial charge in [0.15, 0.2) is 0 Å². The van der Waals surface area contributed by atoms with E-state index in [2.05, 4.69) is 5.32 Å². The van der Waals surface area contributed by atoms with Crippen molar-refractivity contribution in [3.8, 4) is 0 Å². The maximum Gasteiger partial charge on any atom is 0.262 e. The van der Waals surface area contributed by atoms with Crippen molar-refractivity contribution in [1.29, 1.82) is 0 Å². The predicted molar refractivity (Wildman–Crippen MR) is 72.1 cm³/mol. The molecule has 0 aliphatic carbocycles. The van der Waals surface area contributed by atoms with Crippen LogP contribution in [0.2, 0.25) is 10.0 Å². The molecule has 0 fully saturated rings. The number of rotatable bonds is 3. The van der Waals surface area contributed by atoms with Crippen molar-refractivity contribution in [1.82, 2.24) is 5.32 Å². The minimum atomic E-state index is -4.03. The fourth-order valence-corrected chi connectivity index (χ4v) is 3.16. The van der Waals surface area contributed by atoms with E-state index in [-0.39, 0.29) is 26.5 Å². The van der Waals surface area contributed by atoms with Crippen LogP contribution in [0.15, 0.2) is 17.0 Å². The van der Waals surface area contributed by atoms with Gasteiger partial charge in [-0.05, 0) is 26.0 Å². The van der Waals surface area contributed by atoms with Gasteiger partial charge >= 0.3 is 0 Å². The van der Waals surface area contributed by atoms with E-state index in [1.165, 1.54) is 6.07 Å². The van der Waals surface area contributed by atoms with Crippen LogP contribution in [-0.4, -0.2) is 20.4 Å². The lowest BCUT2D eigenvalue weighted by molar-refractivity contribution is 0.0943. The average molecular weight is 331 g/mol. The van der Waals surface area contributed by atoms with Crippen LogP contribution < -0.4 is 5.32 Å². The number of halogens is 3. The summed E-state index contributed by atoms with van der Waals surface area (Å²) in [5, 5.41) is 2.35. The summed E-state index contributed by atoms with van der Waals surface area (Å²) in [6.45, 7) is 3.50. The number of carbonyl (C=O) groups is 1. The molecule has 1 N–H and O–H groups in total. The second kappa shape index (κ2) is 5.65. The van der Waals surface area contributed by atoms with E-state index < -0.39 is 15.0 Å². The van der Waals surface area contributed by atoms with Crippen LogP contribution in [0.25, 0.3) is 0 Å². The molecule has 1 amide bonds. The third-order valence-corrected chi connectivity index (χ3v) is 4.15. The quantitative estimate of drug-likeness (QED) is 0.866. The summed E-state index contributed by atoms with van der Waals surface area (Å²) in [4.78, 5) is 11.5. The predicted octanol–water partition coefficient (Wildman–Crippen LogP) is 3.06. The zero-order valence-electron chi connectivity index (χ0n) is 9.50. The number of carbonyl (C=O) groups excluding carboxylic acids is 1. The van der Waals surface area contributed by atoms with E-state index in [9.17, 15) is 13.2 Å². The molecule has 1 aromatic rings. The van der Waals surface area contributed by atoms with Gasteiger partial charge in [0.05, 0.1) is 15.6 Å². The van der Waals surface area contributed by atoms with Crippen molar-refractivity contribution in [3.63, 3.8) is 0 Å². The summed E-state index contributed by atoms with van der Waals surface area (Å²) in [5.41, 5.74) is -0.103. The largest absolute Gasteiger partial charge is 0.350 e. The molecule has 0 unspecified atom stereocenters. The molecule has 0 saturated carbocycles. The molecule has 0 aliphatic rings. The van der Waals surface area contributed by atoms with Crippen molar-refractivity contribution in [3.05, 3.63) is 27.7 Å². The van der Waals surface area contributed by atoms with E-state index >= 15 is 0 Å². The monoisotopic (exact) mass is 329 g/mol. The van der Waals surface area contributed by atoms with Gasteiger partial charge in [0.25, 0.3) is 15.0 Å². The molecule has 100 valence electrons. The smallest absolute Gasteiger partial charge is 0.262 e. The molecule has 0 saturated heterocycles. The first kappa shape index (κ1) is 15.6. The molecule has 0 aromatic heterocycles. The molecule has 8 heteroatoms. The summed E-state index contributed by atoms with van der Waals surface area (Å²) in [6.07, 6.45) is 0. The molecule has 0 spiro atoms. The van der Waals surface area contributed by atoms with Crippen LogP contribution in [0.4, 0.5) is 0 Å². The summed E-state index contributed by atoms with van der Waals surface area (Å²) >= 11 is 11.7. The number of hydrogen-bond acceptors (Lipinski definition) is 3. The van der Waals surface area contributed by atoms with Crippen LogP contribution in [0, 0.1) is 0 Å². The average Bonchev–Trinajstić information content (AvgIpc) is 2.13. The number of hydrogen-bond donors (Lipinski definition) is 1. The zero-order valence-corrected chi connectivity index (χ0v) is 12.6. The number of benzene rings is 1. The second-order valence-corrected chi connectivity index (χ2v) is 7.12. The van der Waals surface area contributed by atoms with E-state index in [0.717, 1.165) is 6.07 Å². The summed E-state index contributed by atoms with van der Waals surface area (Å²) in [6, 6.07) is 2.28. The summed E-state index contributed by atoms with van der Waals surface area (Å²) in [5.74, 6) is -0.554. The van der Waals surface area contributed by atoms with Crippen molar-refractivity contribution >= 4 is 48.8 Å². The van der Waals surface area contributed by atoms with E-state index in [1.807, 2.05) is 0 Å². The van der Waals surface area contributed by atoms with E-state index in [1.54, 1.807) is 13.8 Å². The highest BCUT2D eigenvalue weighted by atomic mass is 35.7. The standard InChI is InChI=1S/C10H10Cl3NO3S/c1-5(2)14-10(15)8-6(11)3-4-7(9(8)12)18(13,16)17/h3-5H,1-2H3,(H,14,15). The van der Waals surface area contributed by atoms with E-state index in [0.29, 0.717) is 0 Å². The van der Waals surface area contributed by atoms with Crippen LogP contribution in [0.5, 0.6) is 0 Å². The van der Waals surface area contributed by atoms with Gasteiger partial charge in [0, 0.05) is 16.7 Å². The Hall–Kier alpha value is -0.490. The van der Waals surface area contributed by atoms with Crippen molar-refractivity contribution < 1.29 is 13.2 Å². The summed E-state index contributed by atoms with van der Waals surface area (Å²) in [7, 11) is 1.18. The third kappa shape index (κ3) is 3.51. The first-order valence-electron chi connectivity index (χ1n) is 4.88. The molecule has 0 radical (unpaired) electrons. The second-order valence-electron chi connectivity index (χ2n) is 3.80. The van der Waals surface area contributed by atoms with Gasteiger partial charge in [-0.1, -0.05) is 23.2 Å². The number of amides is 1. The van der Waals surface area contributed by atoms with Crippen LogP contribution in [0.1, 0.15) is 24.2 Å². The topological polar surface area (TPSA) is 63.2 Å². The Morgan fingerprint density at radius 2 is 1.83 bits per heavy atom. The van der Waals surface area contributed by atoms with Crippen molar-refractivity contribution in [2.75, 3.05) is 0 Å². The Balaban J connectivity index is 3.41. The normalized spacial score (nSPS) is 11.7. The Labute approximate surface area is 120 Å². The SMILES string of the molecule is CC(C)NC(=O)c1c(Cl)ccc(S(=O)(=O)Cl)c1Cl. The molecule has 0 heterocycles. The van der Waals surface area contributed by atoms with Gasteiger partial charge < -0.3 is 5.32 Å². The Morgan fingerprint density at radius 1 is 1.28 bits per heavy atom. The molecule has 1 rings (SSSR count). The van der Waals surface area contributed by atoms with Crippen LogP contribution >= 0.6 is 33.9 Å². The van der Waals surface area contributed by atoms with Gasteiger partial charge in [-0.3, -0.25) is 4.79 Å². The van der Waals surface area contributed by atoms with E-state index in [4.69, 9.17) is 33.9 Å². The van der Waals surface area contributed by atoms with Gasteiger partial charge in [-0.2, -0.15) is 0 Å². The summed E-state index contributed by atoms with van der Waals surface area (Å²) < 4.78 is 22.5. The Morgan fingerprint density at radius 3 is 2.28 bits per heavy atom. The lowest BCUT2D eigenvalue weighted by atomic mass is 10.2. The third-order valence-electron chi connectivity index (χ3n) is 1.97. The van der Waals surface area contributed by atoms with Gasteiger partial charge in [0.1, 0.15) is 4.90 Å². The maximum atomic E-state index is 11.9. The first-order chi connectivity index (χ1) is 8.14. The minimum Gasteiger partial charge on any atom is -0.350 e. The van der Waals surface area contributed by atoms with Gasteiger partial charge in [0.2, 0.25) is 0 Å². The highest BCUT2D eigenvalue weighted by molar-refractivity contribution is 8.13. The highest BCUT2D eigenvalue weighted by Gasteiger charge is 2.23. The first-order valence-corrected chi connectivity index (χ1v) is 7.94. The molecule has 0 aliphatic heterocycles.